The molecule has 7 aromatic carbocycles. The second-order valence-corrected chi connectivity index (χ2v) is 14.2. The highest BCUT2D eigenvalue weighted by molar-refractivity contribution is 7.25. The van der Waals surface area contributed by atoms with E-state index in [0.717, 1.165) is 71.9 Å². The summed E-state index contributed by atoms with van der Waals surface area (Å²) < 4.78 is 11.5. The first-order chi connectivity index (χ1) is 25.3. The molecule has 0 unspecified atom stereocenters. The van der Waals surface area contributed by atoms with E-state index < -0.39 is 0 Å². The van der Waals surface area contributed by atoms with Crippen LogP contribution in [0.5, 0.6) is 0 Å². The predicted octanol–water partition coefficient (Wildman–Crippen LogP) is 13.4. The third-order valence-electron chi connectivity index (χ3n) is 10.2. The molecule has 0 aliphatic heterocycles. The van der Waals surface area contributed by atoms with Gasteiger partial charge in [0.05, 0.1) is 22.1 Å². The fourth-order valence-electron chi connectivity index (χ4n) is 7.89. The van der Waals surface area contributed by atoms with Gasteiger partial charge in [0.25, 0.3) is 0 Å². The quantitative estimate of drug-likeness (QED) is 0.187. The van der Waals surface area contributed by atoms with Gasteiger partial charge in [0.15, 0.2) is 0 Å². The summed E-state index contributed by atoms with van der Waals surface area (Å²) in [7, 11) is 0. The number of hydrogen-bond donors (Lipinski definition) is 0. The summed E-state index contributed by atoms with van der Waals surface area (Å²) in [5.41, 5.74) is 10.7. The van der Waals surface area contributed by atoms with Crippen molar-refractivity contribution in [1.29, 1.82) is 0 Å². The molecule has 11 rings (SSSR count). The highest BCUT2D eigenvalue weighted by Gasteiger charge is 2.21. The minimum atomic E-state index is 0.868. The monoisotopic (exact) mass is 668 g/mol. The van der Waals surface area contributed by atoms with E-state index in [4.69, 9.17) is 9.40 Å². The number of fused-ring (bicyclic) bond motifs is 10. The van der Waals surface area contributed by atoms with Crippen LogP contribution in [-0.2, 0) is 0 Å². The molecule has 0 saturated carbocycles. The zero-order valence-corrected chi connectivity index (χ0v) is 28.2. The van der Waals surface area contributed by atoms with E-state index >= 15 is 0 Å². The van der Waals surface area contributed by atoms with Crippen molar-refractivity contribution >= 4 is 75.3 Å². The maximum atomic E-state index is 6.60. The largest absolute Gasteiger partial charge is 0.455 e. The van der Waals surface area contributed by atoms with Crippen molar-refractivity contribution < 1.29 is 4.42 Å². The average molecular weight is 669 g/mol. The highest BCUT2D eigenvalue weighted by atomic mass is 32.1. The van der Waals surface area contributed by atoms with Crippen LogP contribution in [0.1, 0.15) is 0 Å². The smallest absolute Gasteiger partial charge is 0.145 e. The Hall–Kier alpha value is -6.49. The van der Waals surface area contributed by atoms with Crippen molar-refractivity contribution in [2.24, 2.45) is 0 Å². The Morgan fingerprint density at radius 3 is 2.00 bits per heavy atom. The lowest BCUT2D eigenvalue weighted by molar-refractivity contribution is 0.673. The number of furan rings is 1. The van der Waals surface area contributed by atoms with E-state index in [1.807, 2.05) is 17.4 Å². The van der Waals surface area contributed by atoms with Gasteiger partial charge in [0.2, 0.25) is 0 Å². The van der Waals surface area contributed by atoms with E-state index in [1.54, 1.807) is 0 Å². The molecule has 4 heteroatoms. The molecular weight excluding hydrogens is 641 g/mol. The molecule has 51 heavy (non-hydrogen) atoms. The van der Waals surface area contributed by atoms with E-state index in [9.17, 15) is 0 Å². The first-order valence-electron chi connectivity index (χ1n) is 17.2. The van der Waals surface area contributed by atoms with Crippen molar-refractivity contribution in [2.75, 3.05) is 0 Å². The zero-order chi connectivity index (χ0) is 33.5. The molecule has 11 aromatic rings. The van der Waals surface area contributed by atoms with Crippen molar-refractivity contribution in [3.8, 4) is 39.3 Å². The van der Waals surface area contributed by atoms with Crippen molar-refractivity contribution in [3.05, 3.63) is 170 Å². The van der Waals surface area contributed by atoms with Crippen LogP contribution in [0.3, 0.4) is 0 Å². The Labute approximate surface area is 297 Å². The summed E-state index contributed by atoms with van der Waals surface area (Å²) in [5, 5.41) is 7.01. The second kappa shape index (κ2) is 11.0. The van der Waals surface area contributed by atoms with Gasteiger partial charge < -0.3 is 4.42 Å². The van der Waals surface area contributed by atoms with Crippen LogP contribution in [-0.4, -0.2) is 9.55 Å². The fourth-order valence-corrected chi connectivity index (χ4v) is 9.02. The van der Waals surface area contributed by atoms with Crippen LogP contribution < -0.4 is 0 Å². The number of hydrogen-bond acceptors (Lipinski definition) is 3. The molecule has 0 bridgehead atoms. The molecule has 0 amide bonds. The number of rotatable bonds is 4. The molecule has 3 nitrogen and oxygen atoms in total. The number of pyridine rings is 1. The summed E-state index contributed by atoms with van der Waals surface area (Å²) in [6.45, 7) is 0. The molecule has 4 aromatic heterocycles. The Kier molecular flexibility index (Phi) is 6.12. The van der Waals surface area contributed by atoms with Crippen LogP contribution in [0, 0.1) is 0 Å². The maximum absolute atomic E-state index is 6.60. The number of thiophene rings is 1. The van der Waals surface area contributed by atoms with Crippen LogP contribution >= 0.6 is 11.3 Å². The lowest BCUT2D eigenvalue weighted by Crippen LogP contribution is -2.00. The van der Waals surface area contributed by atoms with Gasteiger partial charge in [-0.15, -0.1) is 11.3 Å². The standard InChI is InChI=1S/C47H28N2OS/c1-2-11-29(12-3-1)30-21-23-31(24-22-30)32-27-38(35-16-10-20-43-45(35)37-15-6-9-19-42(37)51-43)48-44(28-32)49-39-17-7-4-14-36(39)46-40(49)26-25-34-33-13-5-8-18-41(33)50-47(34)46/h1-28H. The molecule has 0 saturated heterocycles. The number of nitrogens with zero attached hydrogens (tertiary/aromatic N) is 2. The lowest BCUT2D eigenvalue weighted by atomic mass is 9.98. The van der Waals surface area contributed by atoms with Gasteiger partial charge in [-0.05, 0) is 70.8 Å². The molecular formula is C47H28N2OS. The maximum Gasteiger partial charge on any atom is 0.145 e. The van der Waals surface area contributed by atoms with Crippen molar-refractivity contribution in [2.45, 2.75) is 0 Å². The topological polar surface area (TPSA) is 31.0 Å². The Morgan fingerprint density at radius 1 is 0.451 bits per heavy atom. The summed E-state index contributed by atoms with van der Waals surface area (Å²) in [4.78, 5) is 5.53. The van der Waals surface area contributed by atoms with Crippen molar-refractivity contribution in [3.63, 3.8) is 0 Å². The van der Waals surface area contributed by atoms with Crippen LogP contribution in [0.2, 0.25) is 0 Å². The number of benzene rings is 7. The fraction of sp³-hybridized carbons (Fsp3) is 0. The summed E-state index contributed by atoms with van der Waals surface area (Å²) in [6, 6.07) is 60.6. The predicted molar refractivity (Wildman–Crippen MR) is 215 cm³/mol. The van der Waals surface area contributed by atoms with E-state index in [1.165, 1.54) is 31.3 Å². The molecule has 4 heterocycles. The third kappa shape index (κ3) is 4.33. The van der Waals surface area contributed by atoms with Gasteiger partial charge in [-0.2, -0.15) is 0 Å². The van der Waals surface area contributed by atoms with Gasteiger partial charge in [-0.25, -0.2) is 4.98 Å². The first kappa shape index (κ1) is 28.4. The second-order valence-electron chi connectivity index (χ2n) is 13.1. The molecule has 0 aliphatic carbocycles. The summed E-state index contributed by atoms with van der Waals surface area (Å²) in [6.07, 6.45) is 0. The van der Waals surface area contributed by atoms with E-state index in [0.29, 0.717) is 0 Å². The summed E-state index contributed by atoms with van der Waals surface area (Å²) >= 11 is 1.84. The zero-order valence-electron chi connectivity index (χ0n) is 27.4. The Morgan fingerprint density at radius 2 is 1.14 bits per heavy atom. The number of aromatic nitrogens is 2. The van der Waals surface area contributed by atoms with Crippen LogP contribution in [0.15, 0.2) is 174 Å². The molecule has 0 fully saturated rings. The normalized spacial score (nSPS) is 11.9. The van der Waals surface area contributed by atoms with Gasteiger partial charge >= 0.3 is 0 Å². The Bertz CT molecular complexity index is 3130. The minimum Gasteiger partial charge on any atom is -0.455 e. The van der Waals surface area contributed by atoms with Gasteiger partial charge in [0, 0.05) is 41.9 Å². The minimum absolute atomic E-state index is 0.868. The van der Waals surface area contributed by atoms with E-state index in [-0.39, 0.29) is 0 Å². The molecule has 238 valence electrons. The first-order valence-corrected chi connectivity index (χ1v) is 18.0. The molecule has 0 aliphatic rings. The van der Waals surface area contributed by atoms with Crippen LogP contribution in [0.25, 0.3) is 103 Å². The average Bonchev–Trinajstić information content (AvgIpc) is 3.88. The van der Waals surface area contributed by atoms with Gasteiger partial charge in [-0.1, -0.05) is 121 Å². The third-order valence-corrected chi connectivity index (χ3v) is 11.4. The van der Waals surface area contributed by atoms with Gasteiger partial charge in [0.1, 0.15) is 17.0 Å². The molecule has 0 radical (unpaired) electrons. The van der Waals surface area contributed by atoms with Gasteiger partial charge in [-0.3, -0.25) is 4.57 Å². The SMILES string of the molecule is c1ccc(-c2ccc(-c3cc(-c4cccc5sc6ccccc6c45)nc(-n4c5ccccc5c5c6oc7ccccc7c6ccc54)c3)cc2)cc1. The molecule has 0 N–H and O–H groups in total. The lowest BCUT2D eigenvalue weighted by Gasteiger charge is -2.14. The Balaban J connectivity index is 1.20. The molecule has 0 atom stereocenters. The van der Waals surface area contributed by atoms with Crippen molar-refractivity contribution in [1.82, 2.24) is 9.55 Å². The summed E-state index contributed by atoms with van der Waals surface area (Å²) in [5.74, 6) is 0.868. The molecule has 0 spiro atoms. The highest BCUT2D eigenvalue weighted by Crippen LogP contribution is 2.43. The van der Waals surface area contributed by atoms with E-state index in [2.05, 4.69) is 168 Å². The van der Waals surface area contributed by atoms with Crippen LogP contribution in [0.4, 0.5) is 0 Å². The number of para-hydroxylation sites is 2.